The van der Waals surface area contributed by atoms with Gasteiger partial charge in [0.2, 0.25) is 0 Å². The van der Waals surface area contributed by atoms with Crippen LogP contribution in [0.15, 0.2) is 12.1 Å². The third-order valence-electron chi connectivity index (χ3n) is 5.82. The molecule has 1 heterocycles. The first-order valence-electron chi connectivity index (χ1n) is 10.2. The Morgan fingerprint density at radius 2 is 1.93 bits per heavy atom. The van der Waals surface area contributed by atoms with Crippen LogP contribution in [0.25, 0.3) is 0 Å². The van der Waals surface area contributed by atoms with Gasteiger partial charge >= 0.3 is 6.61 Å². The number of halogens is 2. The number of nitrogens with one attached hydrogen (secondary N) is 1. The minimum atomic E-state index is -3.17. The van der Waals surface area contributed by atoms with E-state index in [0.29, 0.717) is 12.6 Å². The molecule has 0 spiro atoms. The third-order valence-corrected chi connectivity index (χ3v) is 5.82. The van der Waals surface area contributed by atoms with Crippen molar-refractivity contribution >= 4 is 11.6 Å². The van der Waals surface area contributed by atoms with E-state index >= 15 is 0 Å². The highest BCUT2D eigenvalue weighted by Gasteiger charge is 2.30. The van der Waals surface area contributed by atoms with E-state index in [1.807, 2.05) is 0 Å². The summed E-state index contributed by atoms with van der Waals surface area (Å²) in [5.41, 5.74) is -0.850. The van der Waals surface area contributed by atoms with E-state index in [1.165, 1.54) is 26.4 Å². The van der Waals surface area contributed by atoms with Gasteiger partial charge in [0.1, 0.15) is 5.56 Å². The summed E-state index contributed by atoms with van der Waals surface area (Å²) >= 11 is 0. The van der Waals surface area contributed by atoms with Gasteiger partial charge in [0, 0.05) is 24.7 Å². The summed E-state index contributed by atoms with van der Waals surface area (Å²) in [6.07, 6.45) is 7.75. The molecule has 3 rings (SSSR count). The Kier molecular flexibility index (Phi) is 7.41. The number of alkyl halides is 2. The smallest absolute Gasteiger partial charge is 0.387 e. The Hall–Kier alpha value is -2.49. The second-order valence-electron chi connectivity index (χ2n) is 7.76. The molecule has 1 aromatic carbocycles. The maximum Gasteiger partial charge on any atom is 0.387 e. The van der Waals surface area contributed by atoms with Crippen LogP contribution in [-0.2, 0) is 0 Å². The molecule has 2 aliphatic rings. The topological polar surface area (TPSA) is 93.9 Å². The molecule has 1 aliphatic carbocycles. The van der Waals surface area contributed by atoms with Gasteiger partial charge in [-0.15, -0.1) is 0 Å². The van der Waals surface area contributed by atoms with Gasteiger partial charge in [-0.3, -0.25) is 19.8 Å². The molecule has 1 amide bonds. The van der Waals surface area contributed by atoms with Crippen molar-refractivity contribution in [3.05, 3.63) is 27.8 Å². The number of carbonyl (C=O) groups excluding carboxylic acids is 1. The van der Waals surface area contributed by atoms with Crippen molar-refractivity contribution in [1.82, 2.24) is 10.2 Å². The van der Waals surface area contributed by atoms with Gasteiger partial charge in [0.25, 0.3) is 11.6 Å². The Balaban J connectivity index is 1.75. The molecule has 1 aromatic rings. The summed E-state index contributed by atoms with van der Waals surface area (Å²) < 4.78 is 34.5. The minimum Gasteiger partial charge on any atom is -0.493 e. The van der Waals surface area contributed by atoms with Crippen molar-refractivity contribution in [3.8, 4) is 11.5 Å². The summed E-state index contributed by atoms with van der Waals surface area (Å²) in [5, 5.41) is 14.3. The average molecular weight is 427 g/mol. The number of nitrogens with zero attached hydrogens (tertiary/aromatic N) is 2. The van der Waals surface area contributed by atoms with Crippen LogP contribution in [0.1, 0.15) is 55.3 Å². The summed E-state index contributed by atoms with van der Waals surface area (Å²) in [4.78, 5) is 25.9. The molecule has 8 nitrogen and oxygen atoms in total. The number of nitro benzene ring substituents is 1. The summed E-state index contributed by atoms with van der Waals surface area (Å²) in [5.74, 6) is -1.28. The number of rotatable bonds is 7. The number of likely N-dealkylation sites (tertiary alicyclic amines) is 1. The molecule has 1 saturated carbocycles. The van der Waals surface area contributed by atoms with E-state index < -0.39 is 28.9 Å². The number of nitro groups is 1. The normalized spacial score (nSPS) is 20.7. The van der Waals surface area contributed by atoms with Gasteiger partial charge < -0.3 is 14.8 Å². The average Bonchev–Trinajstić information content (AvgIpc) is 2.73. The van der Waals surface area contributed by atoms with Crippen molar-refractivity contribution in [2.24, 2.45) is 0 Å². The number of ether oxygens (including phenoxy) is 2. The number of hydrogen-bond donors (Lipinski definition) is 1. The SMILES string of the molecule is COc1cc(C(=O)NC2CCCN(C3CCCCC3)C2)c([N+](=O)[O-])cc1OC(F)F. The number of piperidine rings is 1. The Bertz CT molecular complexity index is 771. The van der Waals surface area contributed by atoms with E-state index in [2.05, 4.69) is 15.0 Å². The minimum absolute atomic E-state index is 0.129. The first-order valence-corrected chi connectivity index (χ1v) is 10.2. The predicted octanol–water partition coefficient (Wildman–Crippen LogP) is 3.73. The van der Waals surface area contributed by atoms with E-state index in [-0.39, 0.29) is 17.4 Å². The maximum absolute atomic E-state index is 12.8. The van der Waals surface area contributed by atoms with E-state index in [4.69, 9.17) is 4.74 Å². The number of methoxy groups -OCH3 is 1. The lowest BCUT2D eigenvalue weighted by Gasteiger charge is -2.40. The molecule has 166 valence electrons. The summed E-state index contributed by atoms with van der Waals surface area (Å²) in [6, 6.07) is 2.27. The first kappa shape index (κ1) is 22.2. The molecule has 1 unspecified atom stereocenters. The lowest BCUT2D eigenvalue weighted by atomic mass is 9.92. The number of benzene rings is 1. The monoisotopic (exact) mass is 427 g/mol. The molecule has 10 heteroatoms. The fourth-order valence-corrected chi connectivity index (χ4v) is 4.39. The lowest BCUT2D eigenvalue weighted by molar-refractivity contribution is -0.385. The molecular formula is C20H27F2N3O5. The molecule has 1 N–H and O–H groups in total. The molecule has 30 heavy (non-hydrogen) atoms. The van der Waals surface area contributed by atoms with Crippen molar-refractivity contribution in [2.75, 3.05) is 20.2 Å². The predicted molar refractivity (Wildman–Crippen MR) is 105 cm³/mol. The zero-order chi connectivity index (χ0) is 21.7. The fraction of sp³-hybridized carbons (Fsp3) is 0.650. The molecule has 2 fully saturated rings. The Labute approximate surface area is 173 Å². The van der Waals surface area contributed by atoms with Gasteiger partial charge in [0.15, 0.2) is 11.5 Å². The standard InChI is InChI=1S/C20H27F2N3O5/c1-29-17-10-15(16(25(27)28)11-18(17)30-20(21)22)19(26)23-13-6-5-9-24(12-13)14-7-3-2-4-8-14/h10-11,13-14,20H,2-9,12H2,1H3,(H,23,26). The van der Waals surface area contributed by atoms with Crippen LogP contribution in [0.3, 0.4) is 0 Å². The molecule has 1 saturated heterocycles. The summed E-state index contributed by atoms with van der Waals surface area (Å²) in [7, 11) is 1.21. The third kappa shape index (κ3) is 5.35. The Morgan fingerprint density at radius 1 is 1.20 bits per heavy atom. The quantitative estimate of drug-likeness (QED) is 0.526. The molecule has 0 aromatic heterocycles. The highest BCUT2D eigenvalue weighted by molar-refractivity contribution is 5.99. The van der Waals surface area contributed by atoms with Gasteiger partial charge in [-0.25, -0.2) is 0 Å². The number of carbonyl (C=O) groups is 1. The van der Waals surface area contributed by atoms with Crippen LogP contribution in [0.4, 0.5) is 14.5 Å². The molecule has 1 aliphatic heterocycles. The van der Waals surface area contributed by atoms with Crippen LogP contribution in [-0.4, -0.2) is 54.6 Å². The van der Waals surface area contributed by atoms with E-state index in [1.54, 1.807) is 0 Å². The van der Waals surface area contributed by atoms with Gasteiger partial charge in [-0.05, 0) is 32.2 Å². The van der Waals surface area contributed by atoms with Crippen LogP contribution in [0.5, 0.6) is 11.5 Å². The molecule has 0 bridgehead atoms. The maximum atomic E-state index is 12.8. The van der Waals surface area contributed by atoms with Crippen molar-refractivity contribution in [1.29, 1.82) is 0 Å². The number of hydrogen-bond acceptors (Lipinski definition) is 6. The van der Waals surface area contributed by atoms with Gasteiger partial charge in [0.05, 0.1) is 18.1 Å². The Morgan fingerprint density at radius 3 is 2.57 bits per heavy atom. The second-order valence-corrected chi connectivity index (χ2v) is 7.76. The van der Waals surface area contributed by atoms with Crippen LogP contribution in [0.2, 0.25) is 0 Å². The van der Waals surface area contributed by atoms with Crippen molar-refractivity contribution in [2.45, 2.75) is 63.6 Å². The fourth-order valence-electron chi connectivity index (χ4n) is 4.39. The van der Waals surface area contributed by atoms with Gasteiger partial charge in [-0.2, -0.15) is 8.78 Å². The highest BCUT2D eigenvalue weighted by Crippen LogP contribution is 2.36. The molecule has 1 atom stereocenters. The van der Waals surface area contributed by atoms with Crippen LogP contribution >= 0.6 is 0 Å². The largest absolute Gasteiger partial charge is 0.493 e. The highest BCUT2D eigenvalue weighted by atomic mass is 19.3. The number of amides is 1. The molecular weight excluding hydrogens is 400 g/mol. The lowest BCUT2D eigenvalue weighted by Crippen LogP contribution is -2.51. The van der Waals surface area contributed by atoms with Crippen molar-refractivity contribution in [3.63, 3.8) is 0 Å². The van der Waals surface area contributed by atoms with E-state index in [9.17, 15) is 23.7 Å². The van der Waals surface area contributed by atoms with E-state index in [0.717, 1.165) is 44.4 Å². The van der Waals surface area contributed by atoms with Gasteiger partial charge in [-0.1, -0.05) is 19.3 Å². The summed E-state index contributed by atoms with van der Waals surface area (Å²) in [6.45, 7) is -1.48. The van der Waals surface area contributed by atoms with Crippen LogP contribution < -0.4 is 14.8 Å². The first-order chi connectivity index (χ1) is 14.4. The van der Waals surface area contributed by atoms with Crippen molar-refractivity contribution < 1.29 is 28.0 Å². The van der Waals surface area contributed by atoms with Crippen LogP contribution in [0, 0.1) is 10.1 Å². The zero-order valence-electron chi connectivity index (χ0n) is 16.9. The molecule has 0 radical (unpaired) electrons. The second kappa shape index (κ2) is 10.0. The zero-order valence-corrected chi connectivity index (χ0v) is 16.9.